The molecule has 0 saturated heterocycles. The maximum Gasteiger partial charge on any atom is 0.321 e. The molecular formula is C8H14N2O4. The zero-order valence-electron chi connectivity index (χ0n) is 8.16. The third-order valence-electron chi connectivity index (χ3n) is 1.57. The number of carboxylic acid groups (broad SMARTS) is 1. The Morgan fingerprint density at radius 1 is 1.36 bits per heavy atom. The summed E-state index contributed by atoms with van der Waals surface area (Å²) in [6.45, 7) is 1.28. The molecule has 0 radical (unpaired) electrons. The molecule has 0 aromatic carbocycles. The van der Waals surface area contributed by atoms with Crippen molar-refractivity contribution in [2.24, 2.45) is 0 Å². The van der Waals surface area contributed by atoms with Crippen molar-refractivity contribution in [1.82, 2.24) is 10.6 Å². The van der Waals surface area contributed by atoms with E-state index < -0.39 is 17.9 Å². The molecule has 0 rings (SSSR count). The third-order valence-corrected chi connectivity index (χ3v) is 1.57. The van der Waals surface area contributed by atoms with E-state index in [1.54, 1.807) is 0 Å². The number of rotatable bonds is 6. The van der Waals surface area contributed by atoms with Crippen molar-refractivity contribution in [3.05, 3.63) is 0 Å². The summed E-state index contributed by atoms with van der Waals surface area (Å²) in [5.41, 5.74) is 0. The molecule has 0 spiro atoms. The monoisotopic (exact) mass is 202 g/mol. The van der Waals surface area contributed by atoms with Crippen molar-refractivity contribution in [3.8, 4) is 0 Å². The summed E-state index contributed by atoms with van der Waals surface area (Å²) in [6, 6.07) is -0.915. The Labute approximate surface area is 81.7 Å². The van der Waals surface area contributed by atoms with Crippen molar-refractivity contribution >= 4 is 17.7 Å². The number of likely N-dealkylation sites (N-methyl/N-ethyl adjacent to an activating group) is 1. The first kappa shape index (κ1) is 12.6. The van der Waals surface area contributed by atoms with Gasteiger partial charge in [0.05, 0.1) is 13.0 Å². The lowest BCUT2D eigenvalue weighted by molar-refractivity contribution is -0.141. The van der Waals surface area contributed by atoms with Crippen LogP contribution in [0.2, 0.25) is 0 Å². The van der Waals surface area contributed by atoms with Crippen LogP contribution in [-0.2, 0) is 14.4 Å². The van der Waals surface area contributed by atoms with E-state index in [1.807, 2.05) is 0 Å². The van der Waals surface area contributed by atoms with Gasteiger partial charge < -0.3 is 15.7 Å². The first-order chi connectivity index (χ1) is 6.47. The molecule has 1 amide bonds. The smallest absolute Gasteiger partial charge is 0.321 e. The Kier molecular flexibility index (Phi) is 5.47. The molecule has 80 valence electrons. The second-order valence-electron chi connectivity index (χ2n) is 2.86. The molecule has 0 unspecified atom stereocenters. The number of Topliss-reactive ketones (excluding diaryl/α,β-unsaturated/α-hetero) is 1. The zero-order chi connectivity index (χ0) is 11.1. The van der Waals surface area contributed by atoms with Gasteiger partial charge in [0.25, 0.3) is 0 Å². The first-order valence-corrected chi connectivity index (χ1v) is 4.13. The van der Waals surface area contributed by atoms with Crippen molar-refractivity contribution in [3.63, 3.8) is 0 Å². The van der Waals surface area contributed by atoms with E-state index >= 15 is 0 Å². The highest BCUT2D eigenvalue weighted by molar-refractivity contribution is 5.87. The number of nitrogens with one attached hydrogen (secondary N) is 2. The summed E-state index contributed by atoms with van der Waals surface area (Å²) in [5, 5.41) is 13.4. The first-order valence-electron chi connectivity index (χ1n) is 4.13. The van der Waals surface area contributed by atoms with Crippen LogP contribution >= 0.6 is 0 Å². The molecule has 0 saturated carbocycles. The van der Waals surface area contributed by atoms with Crippen LogP contribution in [0.4, 0.5) is 0 Å². The maximum atomic E-state index is 11.1. The molecule has 6 nitrogen and oxygen atoms in total. The molecule has 1 atom stereocenters. The second-order valence-corrected chi connectivity index (χ2v) is 2.86. The van der Waals surface area contributed by atoms with E-state index in [0.29, 0.717) is 0 Å². The second kappa shape index (κ2) is 6.09. The molecule has 14 heavy (non-hydrogen) atoms. The number of carbonyl (C=O) groups excluding carboxylic acids is 2. The number of carboxylic acids is 1. The highest BCUT2D eigenvalue weighted by Crippen LogP contribution is 1.91. The fourth-order valence-electron chi connectivity index (χ4n) is 0.793. The number of carbonyl (C=O) groups is 3. The lowest BCUT2D eigenvalue weighted by Crippen LogP contribution is -2.40. The Balaban J connectivity index is 3.91. The van der Waals surface area contributed by atoms with Gasteiger partial charge in [-0.15, -0.1) is 0 Å². The van der Waals surface area contributed by atoms with Crippen molar-refractivity contribution in [2.75, 3.05) is 13.6 Å². The minimum Gasteiger partial charge on any atom is -0.480 e. The number of aliphatic carboxylic acids is 1. The SMILES string of the molecule is CN[C@H](CC(=O)NCC(C)=O)C(=O)O. The van der Waals surface area contributed by atoms with Crippen molar-refractivity contribution in [1.29, 1.82) is 0 Å². The lowest BCUT2D eigenvalue weighted by Gasteiger charge is -2.10. The highest BCUT2D eigenvalue weighted by Gasteiger charge is 2.18. The largest absolute Gasteiger partial charge is 0.480 e. The molecule has 0 aliphatic carbocycles. The van der Waals surface area contributed by atoms with Crippen LogP contribution in [0.1, 0.15) is 13.3 Å². The van der Waals surface area contributed by atoms with Gasteiger partial charge in [0.15, 0.2) is 0 Å². The molecule has 0 fully saturated rings. The van der Waals surface area contributed by atoms with Crippen LogP contribution < -0.4 is 10.6 Å². The summed E-state index contributed by atoms with van der Waals surface area (Å²) in [6.07, 6.45) is -0.181. The standard InChI is InChI=1S/C8H14N2O4/c1-5(11)4-10-7(12)3-6(9-2)8(13)14/h6,9H,3-4H2,1-2H3,(H,10,12)(H,13,14)/t6-/m1/s1. The molecule has 3 N–H and O–H groups in total. The number of ketones is 1. The number of amides is 1. The van der Waals surface area contributed by atoms with Crippen LogP contribution in [0.25, 0.3) is 0 Å². The minimum atomic E-state index is -1.09. The van der Waals surface area contributed by atoms with Gasteiger partial charge in [-0.05, 0) is 14.0 Å². The molecule has 0 aliphatic rings. The maximum absolute atomic E-state index is 11.1. The molecule has 0 aromatic rings. The molecule has 6 heteroatoms. The van der Waals surface area contributed by atoms with Gasteiger partial charge in [-0.25, -0.2) is 0 Å². The molecule has 0 heterocycles. The predicted molar refractivity (Wildman–Crippen MR) is 48.8 cm³/mol. The summed E-state index contributed by atoms with van der Waals surface area (Å²) in [5.74, 6) is -1.72. The Morgan fingerprint density at radius 2 is 1.93 bits per heavy atom. The Morgan fingerprint density at radius 3 is 2.29 bits per heavy atom. The van der Waals surface area contributed by atoms with Gasteiger partial charge in [0, 0.05) is 0 Å². The van der Waals surface area contributed by atoms with E-state index in [4.69, 9.17) is 5.11 Å². The van der Waals surface area contributed by atoms with Crippen LogP contribution in [0.5, 0.6) is 0 Å². The van der Waals surface area contributed by atoms with Crippen LogP contribution in [0.15, 0.2) is 0 Å². The predicted octanol–water partition coefficient (Wildman–Crippen LogP) is -1.25. The third kappa shape index (κ3) is 5.26. The van der Waals surface area contributed by atoms with Gasteiger partial charge in [-0.2, -0.15) is 0 Å². The fourth-order valence-corrected chi connectivity index (χ4v) is 0.793. The van der Waals surface area contributed by atoms with Gasteiger partial charge in [0.1, 0.15) is 11.8 Å². The van der Waals surface area contributed by atoms with E-state index in [-0.39, 0.29) is 18.7 Å². The average Bonchev–Trinajstić information content (AvgIpc) is 2.10. The average molecular weight is 202 g/mol. The Hall–Kier alpha value is -1.43. The fraction of sp³-hybridized carbons (Fsp3) is 0.625. The summed E-state index contributed by atoms with van der Waals surface area (Å²) in [4.78, 5) is 32.0. The highest BCUT2D eigenvalue weighted by atomic mass is 16.4. The van der Waals surface area contributed by atoms with E-state index in [0.717, 1.165) is 0 Å². The number of hydrogen-bond donors (Lipinski definition) is 3. The summed E-state index contributed by atoms with van der Waals surface area (Å²) in [7, 11) is 1.46. The van der Waals surface area contributed by atoms with E-state index in [2.05, 4.69) is 10.6 Å². The van der Waals surface area contributed by atoms with Gasteiger partial charge in [0.2, 0.25) is 5.91 Å². The van der Waals surface area contributed by atoms with Crippen LogP contribution in [-0.4, -0.2) is 42.4 Å². The lowest BCUT2D eigenvalue weighted by atomic mass is 10.2. The van der Waals surface area contributed by atoms with Crippen LogP contribution in [0, 0.1) is 0 Å². The summed E-state index contributed by atoms with van der Waals surface area (Å²) < 4.78 is 0. The quantitative estimate of drug-likeness (QED) is 0.500. The van der Waals surface area contributed by atoms with E-state index in [1.165, 1.54) is 14.0 Å². The molecule has 0 bridgehead atoms. The number of hydrogen-bond acceptors (Lipinski definition) is 4. The van der Waals surface area contributed by atoms with Gasteiger partial charge in [-0.1, -0.05) is 0 Å². The van der Waals surface area contributed by atoms with Gasteiger partial charge >= 0.3 is 5.97 Å². The normalized spacial score (nSPS) is 11.9. The molecule has 0 aliphatic heterocycles. The Bertz CT molecular complexity index is 239. The van der Waals surface area contributed by atoms with E-state index in [9.17, 15) is 14.4 Å². The van der Waals surface area contributed by atoms with Crippen LogP contribution in [0.3, 0.4) is 0 Å². The molecule has 0 aromatic heterocycles. The zero-order valence-corrected chi connectivity index (χ0v) is 8.16. The van der Waals surface area contributed by atoms with Crippen molar-refractivity contribution in [2.45, 2.75) is 19.4 Å². The summed E-state index contributed by atoms with van der Waals surface area (Å²) >= 11 is 0. The van der Waals surface area contributed by atoms with Crippen molar-refractivity contribution < 1.29 is 19.5 Å². The van der Waals surface area contributed by atoms with Gasteiger partial charge in [-0.3, -0.25) is 14.4 Å². The molecular weight excluding hydrogens is 188 g/mol. The minimum absolute atomic E-state index is 0.0606. The topological polar surface area (TPSA) is 95.5 Å².